The topological polar surface area (TPSA) is 85.9 Å². The number of rotatable bonds is 8. The molecule has 4 bridgehead atoms. The van der Waals surface area contributed by atoms with E-state index in [1.807, 2.05) is 0 Å². The zero-order valence-electron chi connectivity index (χ0n) is 19.0. The number of methoxy groups -OCH3 is 3. The lowest BCUT2D eigenvalue weighted by atomic mass is 9.49. The van der Waals surface area contributed by atoms with Crippen molar-refractivity contribution in [3.63, 3.8) is 0 Å². The maximum Gasteiger partial charge on any atom is 0.252 e. The third kappa shape index (κ3) is 4.32. The predicted octanol–water partition coefficient (Wildman–Crippen LogP) is 3.16. The number of hydrogen-bond donors (Lipinski definition) is 2. The van der Waals surface area contributed by atoms with Crippen LogP contribution in [0.25, 0.3) is 0 Å². The number of benzene rings is 1. The van der Waals surface area contributed by atoms with Crippen LogP contribution >= 0.6 is 0 Å². The van der Waals surface area contributed by atoms with Crippen LogP contribution in [0.5, 0.6) is 17.2 Å². The molecule has 2 amide bonds. The molecule has 7 nitrogen and oxygen atoms in total. The van der Waals surface area contributed by atoms with Gasteiger partial charge in [0.2, 0.25) is 11.7 Å². The summed E-state index contributed by atoms with van der Waals surface area (Å²) in [6, 6.07) is 2.52. The highest BCUT2D eigenvalue weighted by Crippen LogP contribution is 2.59. The molecule has 0 radical (unpaired) electrons. The Hall–Kier alpha value is -2.44. The van der Waals surface area contributed by atoms with Gasteiger partial charge in [0.15, 0.2) is 11.5 Å². The average molecular weight is 431 g/mol. The van der Waals surface area contributed by atoms with E-state index in [2.05, 4.69) is 10.6 Å². The van der Waals surface area contributed by atoms with Crippen LogP contribution < -0.4 is 24.8 Å². The van der Waals surface area contributed by atoms with Gasteiger partial charge in [-0.1, -0.05) is 0 Å². The fourth-order valence-electron chi connectivity index (χ4n) is 6.49. The summed E-state index contributed by atoms with van der Waals surface area (Å²) >= 11 is 0. The minimum atomic E-state index is -0.638. The van der Waals surface area contributed by atoms with Crippen LogP contribution in [0.4, 0.5) is 0 Å². The molecule has 4 aliphatic rings. The van der Waals surface area contributed by atoms with Crippen LogP contribution in [0.1, 0.15) is 55.8 Å². The molecule has 0 heterocycles. The first-order chi connectivity index (χ1) is 14.9. The molecule has 0 aliphatic heterocycles. The molecule has 4 saturated carbocycles. The first-order valence-electron chi connectivity index (χ1n) is 11.2. The fourth-order valence-corrected chi connectivity index (χ4v) is 6.49. The number of carbonyl (C=O) groups excluding carboxylic acids is 2. The van der Waals surface area contributed by atoms with Gasteiger partial charge in [0.05, 0.1) is 21.3 Å². The molecular formula is C24H34N2O5. The lowest BCUT2D eigenvalue weighted by Gasteiger charge is -2.57. The Morgan fingerprint density at radius 1 is 0.968 bits per heavy atom. The molecule has 0 aromatic heterocycles. The van der Waals surface area contributed by atoms with Crippen LogP contribution in [-0.2, 0) is 4.79 Å². The summed E-state index contributed by atoms with van der Waals surface area (Å²) in [5.74, 6) is 3.24. The van der Waals surface area contributed by atoms with E-state index in [-0.39, 0.29) is 17.2 Å². The van der Waals surface area contributed by atoms with Gasteiger partial charge in [-0.05, 0) is 80.8 Å². The first-order valence-corrected chi connectivity index (χ1v) is 11.2. The minimum Gasteiger partial charge on any atom is -0.493 e. The van der Waals surface area contributed by atoms with Crippen molar-refractivity contribution in [1.82, 2.24) is 10.6 Å². The molecule has 4 aliphatic carbocycles. The summed E-state index contributed by atoms with van der Waals surface area (Å²) < 4.78 is 15.9. The van der Waals surface area contributed by atoms with Gasteiger partial charge in [0, 0.05) is 12.1 Å². The Balaban J connectivity index is 1.36. The van der Waals surface area contributed by atoms with E-state index in [0.717, 1.165) is 24.3 Å². The van der Waals surface area contributed by atoms with Gasteiger partial charge in [-0.15, -0.1) is 0 Å². The normalized spacial score (nSPS) is 29.2. The lowest BCUT2D eigenvalue weighted by molar-refractivity contribution is -0.124. The minimum absolute atomic E-state index is 0.142. The van der Waals surface area contributed by atoms with Crippen LogP contribution in [0.15, 0.2) is 12.1 Å². The summed E-state index contributed by atoms with van der Waals surface area (Å²) in [5, 5.41) is 5.93. The molecule has 0 spiro atoms. The van der Waals surface area contributed by atoms with E-state index in [0.29, 0.717) is 22.8 Å². The van der Waals surface area contributed by atoms with Crippen LogP contribution in [-0.4, -0.2) is 45.7 Å². The zero-order valence-corrected chi connectivity index (χ0v) is 19.0. The van der Waals surface area contributed by atoms with E-state index >= 15 is 0 Å². The summed E-state index contributed by atoms with van der Waals surface area (Å²) in [7, 11) is 4.51. The lowest BCUT2D eigenvalue weighted by Crippen LogP contribution is -2.53. The summed E-state index contributed by atoms with van der Waals surface area (Å²) in [6.45, 7) is 2.44. The van der Waals surface area contributed by atoms with Crippen molar-refractivity contribution in [3.05, 3.63) is 17.7 Å². The van der Waals surface area contributed by atoms with Crippen molar-refractivity contribution in [2.75, 3.05) is 27.9 Å². The molecule has 1 aromatic carbocycles. The highest BCUT2D eigenvalue weighted by atomic mass is 16.5. The van der Waals surface area contributed by atoms with Crippen molar-refractivity contribution in [2.24, 2.45) is 23.2 Å². The molecule has 1 atom stereocenters. The Bertz CT molecular complexity index is 792. The van der Waals surface area contributed by atoms with Crippen LogP contribution in [0.2, 0.25) is 0 Å². The Morgan fingerprint density at radius 3 is 1.94 bits per heavy atom. The van der Waals surface area contributed by atoms with E-state index in [1.54, 1.807) is 19.1 Å². The highest BCUT2D eigenvalue weighted by molar-refractivity contribution is 5.98. The molecule has 4 fully saturated rings. The number of nitrogens with one attached hydrogen (secondary N) is 2. The van der Waals surface area contributed by atoms with E-state index in [9.17, 15) is 9.59 Å². The van der Waals surface area contributed by atoms with Gasteiger partial charge in [-0.25, -0.2) is 0 Å². The quantitative estimate of drug-likeness (QED) is 0.662. The molecule has 7 heteroatoms. The van der Waals surface area contributed by atoms with E-state index in [1.165, 1.54) is 59.9 Å². The average Bonchev–Trinajstić information content (AvgIpc) is 2.75. The van der Waals surface area contributed by atoms with Gasteiger partial charge in [-0.3, -0.25) is 9.59 Å². The van der Waals surface area contributed by atoms with Crippen molar-refractivity contribution >= 4 is 11.8 Å². The van der Waals surface area contributed by atoms with Crippen molar-refractivity contribution in [1.29, 1.82) is 0 Å². The molecule has 1 aromatic rings. The largest absolute Gasteiger partial charge is 0.493 e. The van der Waals surface area contributed by atoms with Crippen molar-refractivity contribution < 1.29 is 23.8 Å². The van der Waals surface area contributed by atoms with E-state index < -0.39 is 6.04 Å². The Morgan fingerprint density at radius 2 is 1.48 bits per heavy atom. The van der Waals surface area contributed by atoms with Gasteiger partial charge >= 0.3 is 0 Å². The summed E-state index contributed by atoms with van der Waals surface area (Å²) in [4.78, 5) is 25.5. The zero-order chi connectivity index (χ0) is 22.2. The van der Waals surface area contributed by atoms with Gasteiger partial charge in [0.25, 0.3) is 5.91 Å². The van der Waals surface area contributed by atoms with Gasteiger partial charge in [-0.2, -0.15) is 0 Å². The summed E-state index contributed by atoms with van der Waals surface area (Å²) in [6.07, 6.45) is 7.87. The standard InChI is InChI=1S/C24H34N2O5/c1-14(26-23(28)18-8-19(29-2)21(31-4)20(9-18)30-3)22(27)25-13-24-10-15-5-16(11-24)7-17(6-15)12-24/h8-9,14-17H,5-7,10-13H2,1-4H3,(H,25,27)(H,26,28)/t14-,15?,16?,17?,24?/m0/s1. The third-order valence-corrected chi connectivity index (χ3v) is 7.47. The molecule has 5 rings (SSSR count). The Kier molecular flexibility index (Phi) is 6.04. The van der Waals surface area contributed by atoms with Gasteiger partial charge in [0.1, 0.15) is 6.04 Å². The molecule has 2 N–H and O–H groups in total. The van der Waals surface area contributed by atoms with Gasteiger partial charge < -0.3 is 24.8 Å². The monoisotopic (exact) mass is 430 g/mol. The third-order valence-electron chi connectivity index (χ3n) is 7.47. The summed E-state index contributed by atoms with van der Waals surface area (Å²) in [5.41, 5.74) is 0.612. The molecular weight excluding hydrogens is 396 g/mol. The number of hydrogen-bond acceptors (Lipinski definition) is 5. The highest BCUT2D eigenvalue weighted by Gasteiger charge is 2.50. The molecule has 170 valence electrons. The fraction of sp³-hybridized carbons (Fsp3) is 0.667. The second-order valence-electron chi connectivity index (χ2n) is 9.74. The van der Waals surface area contributed by atoms with Crippen molar-refractivity contribution in [2.45, 2.75) is 51.5 Å². The molecule has 0 saturated heterocycles. The Labute approximate surface area is 184 Å². The number of carbonyl (C=O) groups is 2. The maximum absolute atomic E-state index is 12.8. The van der Waals surface area contributed by atoms with Crippen LogP contribution in [0, 0.1) is 23.2 Å². The smallest absolute Gasteiger partial charge is 0.252 e. The van der Waals surface area contributed by atoms with E-state index in [4.69, 9.17) is 14.2 Å². The number of amides is 2. The molecule has 0 unspecified atom stereocenters. The predicted molar refractivity (Wildman–Crippen MR) is 117 cm³/mol. The second-order valence-corrected chi connectivity index (χ2v) is 9.74. The van der Waals surface area contributed by atoms with Crippen molar-refractivity contribution in [3.8, 4) is 17.2 Å². The number of ether oxygens (including phenoxy) is 3. The maximum atomic E-state index is 12.8. The van der Waals surface area contributed by atoms with Crippen LogP contribution in [0.3, 0.4) is 0 Å². The second kappa shape index (κ2) is 8.60. The SMILES string of the molecule is COc1cc(C(=O)N[C@@H](C)C(=O)NCC23CC4CC(CC(C4)C2)C3)cc(OC)c1OC. The molecule has 31 heavy (non-hydrogen) atoms. The first kappa shape index (κ1) is 21.8.